The summed E-state index contributed by atoms with van der Waals surface area (Å²) in [5, 5.41) is 0. The van der Waals surface area contributed by atoms with E-state index >= 15 is 0 Å². The van der Waals surface area contributed by atoms with Gasteiger partial charge < -0.3 is 4.40 Å². The molecule has 2 aromatic heterocycles. The molecular formula is C8H8FN3. The van der Waals surface area contributed by atoms with Crippen molar-refractivity contribution < 1.29 is 4.39 Å². The zero-order valence-corrected chi connectivity index (χ0v) is 6.87. The topological polar surface area (TPSA) is 30.2 Å². The number of imidazole rings is 1. The molecule has 0 bridgehead atoms. The first-order valence-corrected chi connectivity index (χ1v) is 3.65. The number of halogens is 1. The molecule has 0 aliphatic rings. The molecule has 0 fully saturated rings. The van der Waals surface area contributed by atoms with Gasteiger partial charge in [-0.2, -0.15) is 4.39 Å². The van der Waals surface area contributed by atoms with Crippen molar-refractivity contribution in [3.63, 3.8) is 0 Å². The van der Waals surface area contributed by atoms with Gasteiger partial charge >= 0.3 is 0 Å². The van der Waals surface area contributed by atoms with Crippen LogP contribution in [-0.4, -0.2) is 14.4 Å². The largest absolute Gasteiger partial charge is 0.301 e. The van der Waals surface area contributed by atoms with Crippen LogP contribution < -0.4 is 0 Å². The van der Waals surface area contributed by atoms with Crippen molar-refractivity contribution in [2.75, 3.05) is 0 Å². The van der Waals surface area contributed by atoms with E-state index < -0.39 is 5.95 Å². The van der Waals surface area contributed by atoms with E-state index in [9.17, 15) is 4.39 Å². The van der Waals surface area contributed by atoms with E-state index in [1.54, 1.807) is 17.5 Å². The molecule has 0 saturated heterocycles. The van der Waals surface area contributed by atoms with Crippen LogP contribution in [0.2, 0.25) is 0 Å². The minimum Gasteiger partial charge on any atom is -0.301 e. The number of rotatable bonds is 0. The number of hydrogen-bond acceptors (Lipinski definition) is 2. The molecule has 0 aliphatic heterocycles. The van der Waals surface area contributed by atoms with Crippen molar-refractivity contribution in [3.8, 4) is 0 Å². The van der Waals surface area contributed by atoms with Gasteiger partial charge in [0.2, 0.25) is 5.95 Å². The quantitative estimate of drug-likeness (QED) is 0.592. The van der Waals surface area contributed by atoms with Gasteiger partial charge in [-0.25, -0.2) is 9.97 Å². The molecule has 0 N–H and O–H groups in total. The maximum absolute atomic E-state index is 12.7. The maximum Gasteiger partial charge on any atom is 0.229 e. The van der Waals surface area contributed by atoms with Crippen molar-refractivity contribution in [1.82, 2.24) is 14.4 Å². The van der Waals surface area contributed by atoms with Gasteiger partial charge in [0.05, 0.1) is 17.6 Å². The second-order valence-corrected chi connectivity index (χ2v) is 2.76. The summed E-state index contributed by atoms with van der Waals surface area (Å²) in [5.74, 6) is -0.475. The van der Waals surface area contributed by atoms with Crippen molar-refractivity contribution in [2.24, 2.45) is 0 Å². The standard InChI is InChI=1S/C8H8FN3/c1-5-3-12-4-7(9)11-6(2)8(12)10-5/h3-4H,1-2H3. The molecular weight excluding hydrogens is 157 g/mol. The highest BCUT2D eigenvalue weighted by Crippen LogP contribution is 2.08. The second-order valence-electron chi connectivity index (χ2n) is 2.76. The monoisotopic (exact) mass is 165 g/mol. The Bertz CT molecular complexity index is 433. The van der Waals surface area contributed by atoms with E-state index in [0.29, 0.717) is 11.3 Å². The number of aromatic nitrogens is 3. The third kappa shape index (κ3) is 0.958. The molecule has 0 aromatic carbocycles. The summed E-state index contributed by atoms with van der Waals surface area (Å²) in [6.07, 6.45) is 3.09. The van der Waals surface area contributed by atoms with Crippen molar-refractivity contribution in [1.29, 1.82) is 0 Å². The average Bonchev–Trinajstić information content (AvgIpc) is 2.29. The van der Waals surface area contributed by atoms with Gasteiger partial charge in [0, 0.05) is 6.20 Å². The van der Waals surface area contributed by atoms with Gasteiger partial charge in [0.25, 0.3) is 0 Å². The molecule has 4 heteroatoms. The van der Waals surface area contributed by atoms with Crippen LogP contribution >= 0.6 is 0 Å². The van der Waals surface area contributed by atoms with Crippen LogP contribution in [0.1, 0.15) is 11.4 Å². The lowest BCUT2D eigenvalue weighted by molar-refractivity contribution is 0.571. The fourth-order valence-electron chi connectivity index (χ4n) is 1.24. The predicted molar refractivity (Wildman–Crippen MR) is 42.4 cm³/mol. The highest BCUT2D eigenvalue weighted by Gasteiger charge is 2.03. The fourth-order valence-corrected chi connectivity index (χ4v) is 1.24. The van der Waals surface area contributed by atoms with E-state index in [1.165, 1.54) is 6.20 Å². The van der Waals surface area contributed by atoms with Crippen molar-refractivity contribution in [3.05, 3.63) is 29.7 Å². The molecule has 0 unspecified atom stereocenters. The summed E-state index contributed by atoms with van der Waals surface area (Å²) in [5.41, 5.74) is 2.20. The Labute approximate surface area is 68.9 Å². The lowest BCUT2D eigenvalue weighted by atomic mass is 10.5. The van der Waals surface area contributed by atoms with E-state index in [0.717, 1.165) is 5.69 Å². The molecule has 2 rings (SSSR count). The van der Waals surface area contributed by atoms with Gasteiger partial charge in [-0.05, 0) is 13.8 Å². The van der Waals surface area contributed by atoms with E-state index in [-0.39, 0.29) is 0 Å². The zero-order chi connectivity index (χ0) is 8.72. The summed E-state index contributed by atoms with van der Waals surface area (Å²) in [6.45, 7) is 3.61. The van der Waals surface area contributed by atoms with Crippen molar-refractivity contribution in [2.45, 2.75) is 13.8 Å². The van der Waals surface area contributed by atoms with Crippen LogP contribution in [0.5, 0.6) is 0 Å². The van der Waals surface area contributed by atoms with E-state index in [2.05, 4.69) is 9.97 Å². The van der Waals surface area contributed by atoms with Crippen LogP contribution in [0.25, 0.3) is 5.65 Å². The van der Waals surface area contributed by atoms with Crippen LogP contribution in [0.4, 0.5) is 4.39 Å². The van der Waals surface area contributed by atoms with E-state index in [1.807, 2.05) is 6.92 Å². The smallest absolute Gasteiger partial charge is 0.229 e. The molecule has 0 saturated carbocycles. The Morgan fingerprint density at radius 2 is 2.00 bits per heavy atom. The number of hydrogen-bond donors (Lipinski definition) is 0. The summed E-state index contributed by atoms with van der Waals surface area (Å²) in [7, 11) is 0. The highest BCUT2D eigenvalue weighted by molar-refractivity contribution is 5.43. The van der Waals surface area contributed by atoms with E-state index in [4.69, 9.17) is 0 Å². The molecule has 0 amide bonds. The Kier molecular flexibility index (Phi) is 1.36. The van der Waals surface area contributed by atoms with Crippen LogP contribution in [0, 0.1) is 19.8 Å². The second kappa shape index (κ2) is 2.27. The molecule has 0 aliphatic carbocycles. The average molecular weight is 165 g/mol. The Hall–Kier alpha value is -1.45. The van der Waals surface area contributed by atoms with Gasteiger partial charge in [-0.15, -0.1) is 0 Å². The fraction of sp³-hybridized carbons (Fsp3) is 0.250. The molecule has 62 valence electrons. The normalized spacial score (nSPS) is 10.9. The minimum absolute atomic E-state index is 0.475. The molecule has 12 heavy (non-hydrogen) atoms. The SMILES string of the molecule is Cc1cn2cc(F)nc(C)c2n1. The Morgan fingerprint density at radius 1 is 1.25 bits per heavy atom. The molecule has 0 atom stereocenters. The maximum atomic E-state index is 12.7. The lowest BCUT2D eigenvalue weighted by Crippen LogP contribution is -1.94. The summed E-state index contributed by atoms with van der Waals surface area (Å²) in [4.78, 5) is 7.85. The van der Waals surface area contributed by atoms with Gasteiger partial charge in [-0.3, -0.25) is 0 Å². The van der Waals surface area contributed by atoms with Crippen molar-refractivity contribution >= 4 is 5.65 Å². The molecule has 0 radical (unpaired) electrons. The lowest BCUT2D eigenvalue weighted by Gasteiger charge is -1.95. The predicted octanol–water partition coefficient (Wildman–Crippen LogP) is 1.49. The first kappa shape index (κ1) is 7.21. The van der Waals surface area contributed by atoms with Gasteiger partial charge in [-0.1, -0.05) is 0 Å². The third-order valence-electron chi connectivity index (χ3n) is 1.70. The van der Waals surface area contributed by atoms with Gasteiger partial charge in [0.1, 0.15) is 0 Å². The van der Waals surface area contributed by atoms with Gasteiger partial charge in [0.15, 0.2) is 5.65 Å². The Balaban J connectivity index is 2.88. The summed E-state index contributed by atoms with van der Waals surface area (Å²) < 4.78 is 14.4. The van der Waals surface area contributed by atoms with Crippen LogP contribution in [0.15, 0.2) is 12.4 Å². The molecule has 0 spiro atoms. The molecule has 2 heterocycles. The molecule has 2 aromatic rings. The highest BCUT2D eigenvalue weighted by atomic mass is 19.1. The van der Waals surface area contributed by atoms with Crippen LogP contribution in [0.3, 0.4) is 0 Å². The summed E-state index contributed by atoms with van der Waals surface area (Å²) >= 11 is 0. The number of aryl methyl sites for hydroxylation is 2. The first-order valence-electron chi connectivity index (χ1n) is 3.65. The number of fused-ring (bicyclic) bond motifs is 1. The zero-order valence-electron chi connectivity index (χ0n) is 6.87. The number of nitrogens with zero attached hydrogens (tertiary/aromatic N) is 3. The third-order valence-corrected chi connectivity index (χ3v) is 1.70. The first-order chi connectivity index (χ1) is 5.66. The summed E-state index contributed by atoms with van der Waals surface area (Å²) in [6, 6.07) is 0. The van der Waals surface area contributed by atoms with Crippen LogP contribution in [-0.2, 0) is 0 Å². The minimum atomic E-state index is -0.475. The molecule has 3 nitrogen and oxygen atoms in total. The Morgan fingerprint density at radius 3 is 2.75 bits per heavy atom.